The van der Waals surface area contributed by atoms with Gasteiger partial charge in [-0.25, -0.2) is 0 Å². The third-order valence-corrected chi connectivity index (χ3v) is 16.0. The third-order valence-electron chi connectivity index (χ3n) is 13.7. The van der Waals surface area contributed by atoms with Crippen molar-refractivity contribution in [2.75, 3.05) is 9.80 Å². The molecule has 14 rings (SSSR count). The van der Waals surface area contributed by atoms with E-state index in [1.165, 1.54) is 83.8 Å². The molecule has 0 spiro atoms. The van der Waals surface area contributed by atoms with E-state index in [4.69, 9.17) is 9.47 Å². The van der Waals surface area contributed by atoms with E-state index >= 15 is 0 Å². The van der Waals surface area contributed by atoms with Crippen LogP contribution in [0.3, 0.4) is 0 Å². The summed E-state index contributed by atoms with van der Waals surface area (Å²) in [4.78, 5) is 4.95. The molecule has 10 aromatic carbocycles. The molecule has 0 amide bonds. The summed E-state index contributed by atoms with van der Waals surface area (Å²) in [5.74, 6) is 3.99. The number of thiophene rings is 2. The largest absolute Gasteiger partial charge is 0.453 e. The molecule has 0 fully saturated rings. The zero-order valence-electron chi connectivity index (χ0n) is 35.7. The molecule has 2 aromatic heterocycles. The summed E-state index contributed by atoms with van der Waals surface area (Å²) >= 11 is 3.69. The van der Waals surface area contributed by atoms with Crippen LogP contribution in [0, 0.1) is 0 Å². The molecule has 2 aliphatic rings. The minimum atomic E-state index is 0.273. The van der Waals surface area contributed by atoms with Gasteiger partial charge in [0.15, 0.2) is 23.0 Å². The summed E-state index contributed by atoms with van der Waals surface area (Å²) in [5, 5.41) is 12.6. The Morgan fingerprint density at radius 2 is 0.734 bits per heavy atom. The summed E-state index contributed by atoms with van der Waals surface area (Å²) < 4.78 is 18.7. The highest BCUT2D eigenvalue weighted by molar-refractivity contribution is 7.26. The molecule has 0 aliphatic carbocycles. The van der Waals surface area contributed by atoms with E-state index in [-0.39, 0.29) is 11.8 Å². The van der Waals surface area contributed by atoms with E-state index in [0.717, 1.165) is 57.1 Å². The molecule has 64 heavy (non-hydrogen) atoms. The second kappa shape index (κ2) is 13.2. The van der Waals surface area contributed by atoms with Crippen LogP contribution in [-0.2, 0) is 0 Å². The maximum absolute atomic E-state index is 6.83. The molecule has 0 atom stereocenters. The lowest BCUT2D eigenvalue weighted by molar-refractivity contribution is 0.477. The molecule has 4 nitrogen and oxygen atoms in total. The average molecular weight is 861 g/mol. The smallest absolute Gasteiger partial charge is 0.152 e. The number of rotatable bonds is 4. The number of anilines is 6. The van der Waals surface area contributed by atoms with Crippen LogP contribution in [0.1, 0.15) is 50.7 Å². The van der Waals surface area contributed by atoms with Crippen molar-refractivity contribution >= 4 is 129 Å². The Labute approximate surface area is 378 Å². The van der Waals surface area contributed by atoms with E-state index in [1.54, 1.807) is 0 Å². The zero-order chi connectivity index (χ0) is 42.5. The van der Waals surface area contributed by atoms with Gasteiger partial charge in [-0.05, 0) is 117 Å². The summed E-state index contributed by atoms with van der Waals surface area (Å²) in [6, 6.07) is 58.2. The van der Waals surface area contributed by atoms with Crippen LogP contribution >= 0.6 is 22.7 Å². The van der Waals surface area contributed by atoms with Crippen molar-refractivity contribution in [3.05, 3.63) is 169 Å². The lowest BCUT2D eigenvalue weighted by Gasteiger charge is -2.36. The highest BCUT2D eigenvalue weighted by Crippen LogP contribution is 2.59. The van der Waals surface area contributed by atoms with Gasteiger partial charge in [0.25, 0.3) is 0 Å². The number of para-hydroxylation sites is 4. The van der Waals surface area contributed by atoms with Gasteiger partial charge in [-0.1, -0.05) is 113 Å². The normalized spacial score (nSPS) is 13.5. The first-order valence-corrected chi connectivity index (χ1v) is 23.8. The number of hydrogen-bond donors (Lipinski definition) is 0. The third kappa shape index (κ3) is 4.98. The molecule has 2 aliphatic heterocycles. The van der Waals surface area contributed by atoms with E-state index in [9.17, 15) is 0 Å². The van der Waals surface area contributed by atoms with E-state index in [2.05, 4.69) is 195 Å². The first-order valence-electron chi connectivity index (χ1n) is 22.2. The molecule has 0 bridgehead atoms. The topological polar surface area (TPSA) is 24.9 Å². The number of nitrogens with zero attached hydrogens (tertiary/aromatic N) is 2. The number of hydrogen-bond acceptors (Lipinski definition) is 6. The van der Waals surface area contributed by atoms with E-state index in [1.807, 2.05) is 22.7 Å². The van der Waals surface area contributed by atoms with Crippen LogP contribution in [0.5, 0.6) is 23.0 Å². The standard InChI is InChI=1S/C58H40N2O2S2/c1-31(2)39-25-45(59-43-15-7-9-17-49(43)61-51-27-41-33-13-5-11-19-53(33)63-55(41)29-47(51)59)37-24-22-36-40(32(3)4)26-46(38-23-21-35(39)57(37)58(36)38)60-44-16-8-10-18-50(44)62-52-28-42-34-14-6-12-20-54(34)64-56(42)30-48(52)60/h5-32H,1-4H3. The van der Waals surface area contributed by atoms with Crippen molar-refractivity contribution in [3.63, 3.8) is 0 Å². The van der Waals surface area contributed by atoms with Crippen molar-refractivity contribution in [3.8, 4) is 23.0 Å². The first kappa shape index (κ1) is 36.4. The van der Waals surface area contributed by atoms with Gasteiger partial charge >= 0.3 is 0 Å². The van der Waals surface area contributed by atoms with Crippen molar-refractivity contribution in [1.82, 2.24) is 0 Å². The van der Waals surface area contributed by atoms with E-state index in [0.29, 0.717) is 0 Å². The fourth-order valence-corrected chi connectivity index (χ4v) is 13.0. The number of fused-ring (bicyclic) bond motifs is 10. The Balaban J connectivity index is 1.08. The van der Waals surface area contributed by atoms with Crippen molar-refractivity contribution in [2.45, 2.75) is 39.5 Å². The monoisotopic (exact) mass is 860 g/mol. The van der Waals surface area contributed by atoms with Crippen LogP contribution in [0.4, 0.5) is 34.1 Å². The molecule has 12 aromatic rings. The SMILES string of the molecule is CC(C)c1cc(N2c3ccccc3Oc3cc4c(cc32)sc2ccccc24)c2ccc3c(C(C)C)cc(N4c5ccccc5Oc5cc6c(cc54)sc4ccccc46)c4ccc1c2c34. The maximum Gasteiger partial charge on any atom is 0.152 e. The van der Waals surface area contributed by atoms with E-state index < -0.39 is 0 Å². The summed E-state index contributed by atoms with van der Waals surface area (Å²) in [6.07, 6.45) is 0. The molecule has 4 heterocycles. The molecule has 0 unspecified atom stereocenters. The highest BCUT2D eigenvalue weighted by Gasteiger charge is 2.33. The summed E-state index contributed by atoms with van der Waals surface area (Å²) in [5.41, 5.74) is 9.17. The van der Waals surface area contributed by atoms with Gasteiger partial charge in [-0.15, -0.1) is 22.7 Å². The molecule has 6 heteroatoms. The fraction of sp³-hybridized carbons (Fsp3) is 0.103. The van der Waals surface area contributed by atoms with Crippen LogP contribution in [0.25, 0.3) is 72.7 Å². The lowest BCUT2D eigenvalue weighted by Crippen LogP contribution is -2.17. The van der Waals surface area contributed by atoms with Crippen LogP contribution in [0.15, 0.2) is 158 Å². The Hall–Kier alpha value is -7.12. The average Bonchev–Trinajstić information content (AvgIpc) is 3.87. The predicted octanol–water partition coefficient (Wildman–Crippen LogP) is 18.7. The minimum Gasteiger partial charge on any atom is -0.453 e. The molecule has 0 saturated heterocycles. The number of benzene rings is 10. The molecule has 306 valence electrons. The van der Waals surface area contributed by atoms with Gasteiger partial charge < -0.3 is 19.3 Å². The molecular weight excluding hydrogens is 821 g/mol. The Kier molecular flexibility index (Phi) is 7.51. The van der Waals surface area contributed by atoms with Gasteiger partial charge in [0, 0.05) is 51.1 Å². The van der Waals surface area contributed by atoms with Crippen molar-refractivity contribution < 1.29 is 9.47 Å². The van der Waals surface area contributed by atoms with Gasteiger partial charge in [0.2, 0.25) is 0 Å². The van der Waals surface area contributed by atoms with Crippen molar-refractivity contribution in [1.29, 1.82) is 0 Å². The number of ether oxygens (including phenoxy) is 2. The molecule has 0 saturated carbocycles. The van der Waals surface area contributed by atoms with Crippen LogP contribution in [0.2, 0.25) is 0 Å². The maximum atomic E-state index is 6.83. The lowest BCUT2D eigenvalue weighted by atomic mass is 9.84. The second-order valence-corrected chi connectivity index (χ2v) is 20.2. The quantitative estimate of drug-likeness (QED) is 0.165. The van der Waals surface area contributed by atoms with Crippen LogP contribution < -0.4 is 19.3 Å². The highest BCUT2D eigenvalue weighted by atomic mass is 32.1. The van der Waals surface area contributed by atoms with Crippen LogP contribution in [-0.4, -0.2) is 0 Å². The van der Waals surface area contributed by atoms with Gasteiger partial charge in [0.05, 0.1) is 34.1 Å². The summed E-state index contributed by atoms with van der Waals surface area (Å²) in [6.45, 7) is 9.33. The Morgan fingerprint density at radius 1 is 0.328 bits per heavy atom. The predicted molar refractivity (Wildman–Crippen MR) is 274 cm³/mol. The fourth-order valence-electron chi connectivity index (χ4n) is 10.8. The molecule has 0 radical (unpaired) electrons. The first-order chi connectivity index (χ1) is 31.4. The van der Waals surface area contributed by atoms with Crippen molar-refractivity contribution in [2.24, 2.45) is 0 Å². The van der Waals surface area contributed by atoms with Gasteiger partial charge in [0.1, 0.15) is 0 Å². The van der Waals surface area contributed by atoms with Gasteiger partial charge in [-0.2, -0.15) is 0 Å². The molecular formula is C58H40N2O2S2. The zero-order valence-corrected chi connectivity index (χ0v) is 37.3. The minimum absolute atomic E-state index is 0.273. The molecule has 0 N–H and O–H groups in total. The Bertz CT molecular complexity index is 3690. The summed E-state index contributed by atoms with van der Waals surface area (Å²) in [7, 11) is 0. The van der Waals surface area contributed by atoms with Gasteiger partial charge in [-0.3, -0.25) is 0 Å². The second-order valence-electron chi connectivity index (χ2n) is 18.0. The Morgan fingerprint density at radius 3 is 1.19 bits per heavy atom.